The Labute approximate surface area is 212 Å². The maximum Gasteiger partial charge on any atom is 0.243 e. The zero-order valence-electron chi connectivity index (χ0n) is 18.7. The van der Waals surface area contributed by atoms with E-state index in [0.29, 0.717) is 0 Å². The third-order valence-electron chi connectivity index (χ3n) is 5.28. The number of carbonyl (C=O) groups excluding carboxylic acids is 1. The van der Waals surface area contributed by atoms with E-state index in [1.54, 1.807) is 12.1 Å². The number of amides is 1. The second-order valence-electron chi connectivity index (χ2n) is 7.87. The summed E-state index contributed by atoms with van der Waals surface area (Å²) in [4.78, 5) is 13.2. The molecule has 0 aliphatic heterocycles. The van der Waals surface area contributed by atoms with E-state index in [-0.39, 0.29) is 23.9 Å². The minimum absolute atomic E-state index is 0.0893. The molecule has 0 saturated heterocycles. The van der Waals surface area contributed by atoms with Crippen molar-refractivity contribution in [3.05, 3.63) is 91.9 Å². The van der Waals surface area contributed by atoms with Crippen LogP contribution in [0.5, 0.6) is 0 Å². The standard InChI is InChI=1S/C25H26Br2N2O3S/c1-4-20-14-22(27)13-18(3)25(20)28-24(30)16-29(15-19-7-5-17(2)6-8-19)33(31,32)23-11-9-21(26)10-12-23/h5-14H,4,15-16H2,1-3H3,(H,28,30). The smallest absolute Gasteiger partial charge is 0.243 e. The van der Waals surface area contributed by atoms with Crippen LogP contribution < -0.4 is 5.32 Å². The van der Waals surface area contributed by atoms with Crippen LogP contribution in [-0.4, -0.2) is 25.2 Å². The molecule has 3 aromatic rings. The average Bonchev–Trinajstić information content (AvgIpc) is 2.76. The van der Waals surface area contributed by atoms with Crippen LogP contribution >= 0.6 is 31.9 Å². The molecule has 0 heterocycles. The Morgan fingerprint density at radius 2 is 1.58 bits per heavy atom. The van der Waals surface area contributed by atoms with Crippen molar-refractivity contribution in [3.63, 3.8) is 0 Å². The van der Waals surface area contributed by atoms with Crippen molar-refractivity contribution in [2.75, 3.05) is 11.9 Å². The molecule has 0 atom stereocenters. The van der Waals surface area contributed by atoms with Gasteiger partial charge in [0.25, 0.3) is 0 Å². The summed E-state index contributed by atoms with van der Waals surface area (Å²) in [6.45, 7) is 5.69. The molecule has 0 fully saturated rings. The van der Waals surface area contributed by atoms with Crippen molar-refractivity contribution >= 4 is 53.5 Å². The van der Waals surface area contributed by atoms with Crippen molar-refractivity contribution in [1.29, 1.82) is 0 Å². The summed E-state index contributed by atoms with van der Waals surface area (Å²) in [6, 6.07) is 17.9. The predicted molar refractivity (Wildman–Crippen MR) is 140 cm³/mol. The van der Waals surface area contributed by atoms with Gasteiger partial charge in [0.05, 0.1) is 11.4 Å². The molecule has 0 spiro atoms. The van der Waals surface area contributed by atoms with Gasteiger partial charge in [0.1, 0.15) is 0 Å². The molecule has 0 aliphatic rings. The van der Waals surface area contributed by atoms with Crippen LogP contribution in [0.25, 0.3) is 0 Å². The van der Waals surface area contributed by atoms with Crippen molar-refractivity contribution in [1.82, 2.24) is 4.31 Å². The second-order valence-corrected chi connectivity index (χ2v) is 11.6. The molecular weight excluding hydrogens is 568 g/mol. The van der Waals surface area contributed by atoms with Gasteiger partial charge < -0.3 is 5.32 Å². The van der Waals surface area contributed by atoms with Crippen LogP contribution in [-0.2, 0) is 27.8 Å². The number of nitrogens with one attached hydrogen (secondary N) is 1. The summed E-state index contributed by atoms with van der Waals surface area (Å²) >= 11 is 6.83. The van der Waals surface area contributed by atoms with Gasteiger partial charge in [0, 0.05) is 21.2 Å². The number of anilines is 1. The van der Waals surface area contributed by atoms with Crippen LogP contribution in [0, 0.1) is 13.8 Å². The van der Waals surface area contributed by atoms with Gasteiger partial charge in [-0.2, -0.15) is 4.31 Å². The highest BCUT2D eigenvalue weighted by molar-refractivity contribution is 9.10. The Kier molecular flexibility index (Phi) is 8.50. The summed E-state index contributed by atoms with van der Waals surface area (Å²) in [5.74, 6) is -0.386. The molecule has 0 aromatic heterocycles. The molecular formula is C25H26Br2N2O3S. The fourth-order valence-corrected chi connectivity index (χ4v) is 5.76. The van der Waals surface area contributed by atoms with Gasteiger partial charge in [-0.15, -0.1) is 0 Å². The molecule has 174 valence electrons. The maximum atomic E-state index is 13.5. The van der Waals surface area contributed by atoms with Crippen molar-refractivity contribution in [3.8, 4) is 0 Å². The first-order valence-electron chi connectivity index (χ1n) is 10.5. The first-order valence-corrected chi connectivity index (χ1v) is 13.5. The zero-order valence-corrected chi connectivity index (χ0v) is 22.7. The number of halogens is 2. The van der Waals surface area contributed by atoms with Gasteiger partial charge in [-0.25, -0.2) is 8.42 Å². The van der Waals surface area contributed by atoms with Crippen LogP contribution in [0.15, 0.2) is 74.5 Å². The fraction of sp³-hybridized carbons (Fsp3) is 0.240. The number of aryl methyl sites for hydroxylation is 3. The summed E-state index contributed by atoms with van der Waals surface area (Å²) in [5.41, 5.74) is 4.51. The third kappa shape index (κ3) is 6.53. The first-order chi connectivity index (χ1) is 15.6. The van der Waals surface area contributed by atoms with Gasteiger partial charge in [0.15, 0.2) is 0 Å². The third-order valence-corrected chi connectivity index (χ3v) is 8.07. The maximum absolute atomic E-state index is 13.5. The number of benzene rings is 3. The highest BCUT2D eigenvalue weighted by Crippen LogP contribution is 2.27. The Morgan fingerprint density at radius 1 is 0.939 bits per heavy atom. The van der Waals surface area contributed by atoms with E-state index in [9.17, 15) is 13.2 Å². The molecule has 0 radical (unpaired) electrons. The molecule has 8 heteroatoms. The van der Waals surface area contributed by atoms with E-state index >= 15 is 0 Å². The Bertz CT molecular complexity index is 1240. The molecule has 1 N–H and O–H groups in total. The molecule has 0 saturated carbocycles. The Morgan fingerprint density at radius 3 is 2.18 bits per heavy atom. The normalized spacial score (nSPS) is 11.6. The number of nitrogens with zero attached hydrogens (tertiary/aromatic N) is 1. The quantitative estimate of drug-likeness (QED) is 0.337. The number of carbonyl (C=O) groups is 1. The molecule has 0 unspecified atom stereocenters. The van der Waals surface area contributed by atoms with Gasteiger partial charge in [0.2, 0.25) is 15.9 Å². The molecule has 5 nitrogen and oxygen atoms in total. The van der Waals surface area contributed by atoms with Crippen LogP contribution in [0.2, 0.25) is 0 Å². The number of hydrogen-bond acceptors (Lipinski definition) is 3. The summed E-state index contributed by atoms with van der Waals surface area (Å²) in [7, 11) is -3.90. The monoisotopic (exact) mass is 592 g/mol. The summed E-state index contributed by atoms with van der Waals surface area (Å²) in [5, 5.41) is 2.94. The molecule has 0 bridgehead atoms. The molecule has 3 rings (SSSR count). The van der Waals surface area contributed by atoms with Crippen molar-refractivity contribution < 1.29 is 13.2 Å². The molecule has 0 aliphatic carbocycles. The lowest BCUT2D eigenvalue weighted by atomic mass is 10.1. The lowest BCUT2D eigenvalue weighted by Crippen LogP contribution is -2.37. The van der Waals surface area contributed by atoms with Gasteiger partial charge in [-0.05, 0) is 73.4 Å². The minimum Gasteiger partial charge on any atom is -0.324 e. The SMILES string of the molecule is CCc1cc(Br)cc(C)c1NC(=O)CN(Cc1ccc(C)cc1)S(=O)(=O)c1ccc(Br)cc1. The molecule has 3 aromatic carbocycles. The largest absolute Gasteiger partial charge is 0.324 e. The van der Waals surface area contributed by atoms with E-state index in [1.807, 2.05) is 57.2 Å². The predicted octanol–water partition coefficient (Wildman–Crippen LogP) is 6.22. The van der Waals surface area contributed by atoms with Gasteiger partial charge in [-0.1, -0.05) is 68.6 Å². The highest BCUT2D eigenvalue weighted by Gasteiger charge is 2.27. The highest BCUT2D eigenvalue weighted by atomic mass is 79.9. The van der Waals surface area contributed by atoms with E-state index in [2.05, 4.69) is 37.2 Å². The number of hydrogen-bond donors (Lipinski definition) is 1. The van der Waals surface area contributed by atoms with Crippen LogP contribution in [0.1, 0.15) is 29.2 Å². The van der Waals surface area contributed by atoms with E-state index < -0.39 is 10.0 Å². The zero-order chi connectivity index (χ0) is 24.2. The topological polar surface area (TPSA) is 66.5 Å². The Hall–Kier alpha value is -2.00. The summed E-state index contributed by atoms with van der Waals surface area (Å²) in [6.07, 6.45) is 0.736. The summed E-state index contributed by atoms with van der Waals surface area (Å²) < 4.78 is 29.9. The minimum atomic E-state index is -3.90. The molecule has 33 heavy (non-hydrogen) atoms. The van der Waals surface area contributed by atoms with Gasteiger partial charge in [-0.3, -0.25) is 4.79 Å². The van der Waals surface area contributed by atoms with Crippen molar-refractivity contribution in [2.24, 2.45) is 0 Å². The number of rotatable bonds is 8. The Balaban J connectivity index is 1.92. The molecule has 1 amide bonds. The second kappa shape index (κ2) is 11.0. The van der Waals surface area contributed by atoms with Crippen molar-refractivity contribution in [2.45, 2.75) is 38.6 Å². The van der Waals surface area contributed by atoms with E-state index in [0.717, 1.165) is 43.3 Å². The van der Waals surface area contributed by atoms with Crippen LogP contribution in [0.4, 0.5) is 5.69 Å². The van der Waals surface area contributed by atoms with E-state index in [4.69, 9.17) is 0 Å². The number of sulfonamides is 1. The van der Waals surface area contributed by atoms with Gasteiger partial charge >= 0.3 is 0 Å². The average molecular weight is 594 g/mol. The van der Waals surface area contributed by atoms with Crippen LogP contribution in [0.3, 0.4) is 0 Å². The lowest BCUT2D eigenvalue weighted by molar-refractivity contribution is -0.116. The first kappa shape index (κ1) is 25.6. The van der Waals surface area contributed by atoms with E-state index in [1.165, 1.54) is 16.4 Å². The fourth-order valence-electron chi connectivity index (χ4n) is 3.49. The lowest BCUT2D eigenvalue weighted by Gasteiger charge is -2.23.